The van der Waals surface area contributed by atoms with Crippen LogP contribution in [-0.2, 0) is 5.41 Å². The van der Waals surface area contributed by atoms with Gasteiger partial charge in [-0.1, -0.05) is 147 Å². The van der Waals surface area contributed by atoms with Gasteiger partial charge >= 0.3 is 0 Å². The molecule has 256 valence electrons. The van der Waals surface area contributed by atoms with E-state index in [1.54, 1.807) is 0 Å². The molecule has 0 N–H and O–H groups in total. The Morgan fingerprint density at radius 1 is 0.463 bits per heavy atom. The summed E-state index contributed by atoms with van der Waals surface area (Å²) in [6.07, 6.45) is 0. The highest BCUT2D eigenvalue weighted by atomic mass is 15.1. The summed E-state index contributed by atoms with van der Waals surface area (Å²) < 4.78 is 2.47. The maximum atomic E-state index is 2.48. The molecule has 0 aliphatic heterocycles. The predicted molar refractivity (Wildman–Crippen MR) is 229 cm³/mol. The minimum Gasteiger partial charge on any atom is -0.310 e. The third-order valence-electron chi connectivity index (χ3n) is 11.9. The number of fused-ring (bicyclic) bond motifs is 9. The Morgan fingerprint density at radius 2 is 1.13 bits per heavy atom. The molecule has 2 nitrogen and oxygen atoms in total. The maximum Gasteiger partial charge on any atom is 0.0621 e. The first-order chi connectivity index (χ1) is 26.5. The van der Waals surface area contributed by atoms with Crippen molar-refractivity contribution in [1.82, 2.24) is 4.40 Å². The predicted octanol–water partition coefficient (Wildman–Crippen LogP) is 14.3. The van der Waals surface area contributed by atoms with Gasteiger partial charge in [0.05, 0.1) is 22.2 Å². The first-order valence-electron chi connectivity index (χ1n) is 18.9. The highest BCUT2D eigenvalue weighted by molar-refractivity contribution is 6.26. The van der Waals surface area contributed by atoms with Crippen LogP contribution in [0.25, 0.3) is 71.5 Å². The molecule has 0 unspecified atom stereocenters. The molecule has 0 atom stereocenters. The summed E-state index contributed by atoms with van der Waals surface area (Å²) in [5.74, 6) is 0. The second kappa shape index (κ2) is 11.4. The summed E-state index contributed by atoms with van der Waals surface area (Å²) in [6.45, 7) is 6.92. The van der Waals surface area contributed by atoms with Crippen LogP contribution in [0.1, 0.15) is 30.5 Å². The summed E-state index contributed by atoms with van der Waals surface area (Å²) in [7, 11) is 0. The molecule has 0 saturated carbocycles. The van der Waals surface area contributed by atoms with Gasteiger partial charge in [0, 0.05) is 38.3 Å². The van der Waals surface area contributed by atoms with Gasteiger partial charge < -0.3 is 9.30 Å². The summed E-state index contributed by atoms with van der Waals surface area (Å²) in [5.41, 5.74) is 18.8. The van der Waals surface area contributed by atoms with E-state index in [1.807, 2.05) is 0 Å². The normalized spacial score (nSPS) is 13.2. The van der Waals surface area contributed by atoms with E-state index >= 15 is 0 Å². The monoisotopic (exact) mass is 690 g/mol. The molecule has 2 heterocycles. The van der Waals surface area contributed by atoms with Crippen LogP contribution in [0.3, 0.4) is 0 Å². The second-order valence-corrected chi connectivity index (χ2v) is 15.4. The molecule has 11 rings (SSSR count). The van der Waals surface area contributed by atoms with Crippen LogP contribution in [0.2, 0.25) is 0 Å². The summed E-state index contributed by atoms with van der Waals surface area (Å²) >= 11 is 0. The zero-order valence-electron chi connectivity index (χ0n) is 30.6. The fraction of sp³-hybridized carbons (Fsp3) is 0.0769. The van der Waals surface area contributed by atoms with Crippen molar-refractivity contribution >= 4 is 55.2 Å². The molecule has 0 spiro atoms. The second-order valence-electron chi connectivity index (χ2n) is 15.4. The lowest BCUT2D eigenvalue weighted by Gasteiger charge is -2.28. The zero-order chi connectivity index (χ0) is 36.1. The van der Waals surface area contributed by atoms with Crippen LogP contribution in [0, 0.1) is 6.92 Å². The number of para-hydroxylation sites is 2. The Morgan fingerprint density at radius 3 is 2.00 bits per heavy atom. The van der Waals surface area contributed by atoms with Gasteiger partial charge in [-0.2, -0.15) is 0 Å². The highest BCUT2D eigenvalue weighted by Crippen LogP contribution is 2.52. The number of nitrogens with zero attached hydrogens (tertiary/aromatic N) is 2. The number of benzene rings is 8. The molecular weight excluding hydrogens is 653 g/mol. The Bertz CT molecular complexity index is 3070. The Labute approximate surface area is 315 Å². The lowest BCUT2D eigenvalue weighted by molar-refractivity contribution is 0.660. The Hall–Kier alpha value is -6.64. The molecule has 2 heteroatoms. The molecule has 0 saturated heterocycles. The van der Waals surface area contributed by atoms with Crippen LogP contribution in [-0.4, -0.2) is 4.40 Å². The summed E-state index contributed by atoms with van der Waals surface area (Å²) in [6, 6.07) is 65.1. The van der Waals surface area contributed by atoms with Crippen molar-refractivity contribution in [1.29, 1.82) is 0 Å². The van der Waals surface area contributed by atoms with Gasteiger partial charge in [-0.3, -0.25) is 0 Å². The lowest BCUT2D eigenvalue weighted by atomic mass is 9.82. The molecule has 0 radical (unpaired) electrons. The first kappa shape index (κ1) is 30.9. The van der Waals surface area contributed by atoms with Crippen LogP contribution in [0.5, 0.6) is 0 Å². The van der Waals surface area contributed by atoms with Gasteiger partial charge in [-0.15, -0.1) is 0 Å². The van der Waals surface area contributed by atoms with Crippen molar-refractivity contribution in [2.45, 2.75) is 26.2 Å². The van der Waals surface area contributed by atoms with Crippen LogP contribution < -0.4 is 4.90 Å². The minimum atomic E-state index is -0.0405. The number of anilines is 3. The largest absolute Gasteiger partial charge is 0.310 e. The highest BCUT2D eigenvalue weighted by Gasteiger charge is 2.36. The topological polar surface area (TPSA) is 7.65 Å². The zero-order valence-corrected chi connectivity index (χ0v) is 30.6. The summed E-state index contributed by atoms with van der Waals surface area (Å²) in [4.78, 5) is 2.48. The number of hydrogen-bond donors (Lipinski definition) is 0. The number of aryl methyl sites for hydroxylation is 1. The smallest absolute Gasteiger partial charge is 0.0621 e. The van der Waals surface area contributed by atoms with E-state index in [2.05, 4.69) is 206 Å². The van der Waals surface area contributed by atoms with Gasteiger partial charge in [0.25, 0.3) is 0 Å². The molecule has 1 aliphatic carbocycles. The van der Waals surface area contributed by atoms with Crippen molar-refractivity contribution in [3.05, 3.63) is 193 Å². The molecule has 54 heavy (non-hydrogen) atoms. The molecule has 2 aromatic heterocycles. The van der Waals surface area contributed by atoms with Crippen molar-refractivity contribution in [2.24, 2.45) is 0 Å². The first-order valence-corrected chi connectivity index (χ1v) is 18.9. The average Bonchev–Trinajstić information content (AvgIpc) is 3.82. The van der Waals surface area contributed by atoms with Crippen molar-refractivity contribution in [2.75, 3.05) is 4.90 Å². The van der Waals surface area contributed by atoms with Crippen LogP contribution >= 0.6 is 0 Å². The summed E-state index contributed by atoms with van der Waals surface area (Å²) in [5, 5.41) is 5.12. The fourth-order valence-electron chi connectivity index (χ4n) is 9.55. The van der Waals surface area contributed by atoms with Gasteiger partial charge in [0.15, 0.2) is 0 Å². The quantitative estimate of drug-likeness (QED) is 0.174. The van der Waals surface area contributed by atoms with Gasteiger partial charge in [0.2, 0.25) is 0 Å². The number of rotatable bonds is 5. The number of aromatic nitrogens is 1. The molecule has 8 aromatic carbocycles. The standard InChI is InChI=1S/C52H38N2/c1-33-30-36(34-14-5-4-6-15-34)32-38(31-33)53(47-24-13-25-48-50(47)43-20-11-19-41-40-16-8-10-23-46(40)54(48)51(41)43)37-28-26-35(27-29-37)39-18-12-22-45-49(39)42-17-7-9-21-44(42)52(45,2)3/h4-32H,1-3H3. The van der Waals surface area contributed by atoms with Gasteiger partial charge in [-0.05, 0) is 99.5 Å². The van der Waals surface area contributed by atoms with E-state index in [-0.39, 0.29) is 5.41 Å². The lowest BCUT2D eigenvalue weighted by Crippen LogP contribution is -2.14. The van der Waals surface area contributed by atoms with E-state index in [0.29, 0.717) is 0 Å². The van der Waals surface area contributed by atoms with Crippen molar-refractivity contribution < 1.29 is 0 Å². The van der Waals surface area contributed by atoms with Gasteiger partial charge in [-0.25, -0.2) is 0 Å². The molecular formula is C52H38N2. The SMILES string of the molecule is Cc1cc(-c2ccccc2)cc(N(c2ccc(-c3cccc4c3-c3ccccc3C4(C)C)cc2)c2cccc3c2c2cccc4c5ccccc5n3c42)c1. The molecule has 0 fully saturated rings. The van der Waals surface area contributed by atoms with E-state index < -0.39 is 0 Å². The molecule has 10 aromatic rings. The average molecular weight is 691 g/mol. The van der Waals surface area contributed by atoms with E-state index in [4.69, 9.17) is 0 Å². The Balaban J connectivity index is 1.15. The van der Waals surface area contributed by atoms with E-state index in [1.165, 1.54) is 93.9 Å². The number of hydrogen-bond acceptors (Lipinski definition) is 1. The molecule has 0 amide bonds. The third-order valence-corrected chi connectivity index (χ3v) is 11.9. The van der Waals surface area contributed by atoms with Crippen LogP contribution in [0.4, 0.5) is 17.1 Å². The third kappa shape index (κ3) is 4.34. The fourth-order valence-corrected chi connectivity index (χ4v) is 9.55. The minimum absolute atomic E-state index is 0.0405. The van der Waals surface area contributed by atoms with Crippen LogP contribution in [0.15, 0.2) is 176 Å². The maximum absolute atomic E-state index is 2.48. The molecule has 0 bridgehead atoms. The van der Waals surface area contributed by atoms with Crippen molar-refractivity contribution in [3.8, 4) is 33.4 Å². The molecule has 1 aliphatic rings. The Kier molecular flexibility index (Phi) is 6.55. The van der Waals surface area contributed by atoms with E-state index in [9.17, 15) is 0 Å². The van der Waals surface area contributed by atoms with Gasteiger partial charge in [0.1, 0.15) is 0 Å². The van der Waals surface area contributed by atoms with E-state index in [0.717, 1.165) is 11.4 Å². The van der Waals surface area contributed by atoms with Crippen molar-refractivity contribution in [3.63, 3.8) is 0 Å².